The van der Waals surface area contributed by atoms with Gasteiger partial charge in [0.05, 0.1) is 7.11 Å². The predicted octanol–water partition coefficient (Wildman–Crippen LogP) is 1.20. The summed E-state index contributed by atoms with van der Waals surface area (Å²) in [5, 5.41) is 0. The minimum Gasteiger partial charge on any atom is -0.467 e. The average molecular weight is 237 g/mol. The summed E-state index contributed by atoms with van der Waals surface area (Å²) in [7, 11) is 1.40. The fourth-order valence-corrected chi connectivity index (χ4v) is 3.56. The highest BCUT2D eigenvalue weighted by atomic mass is 16.5. The SMILES string of the molecule is COC(=O)C1CCCN1C(=O)C1CC2CC2C1. The van der Waals surface area contributed by atoms with Gasteiger partial charge in [-0.1, -0.05) is 0 Å². The highest BCUT2D eigenvalue weighted by molar-refractivity contribution is 5.86. The average Bonchev–Trinajstić information content (AvgIpc) is 2.82. The summed E-state index contributed by atoms with van der Waals surface area (Å²) in [5.74, 6) is 1.75. The lowest BCUT2D eigenvalue weighted by atomic mass is 10.0. The first kappa shape index (κ1) is 11.1. The monoisotopic (exact) mass is 237 g/mol. The largest absolute Gasteiger partial charge is 0.467 e. The molecule has 0 aromatic rings. The fourth-order valence-electron chi connectivity index (χ4n) is 3.56. The number of rotatable bonds is 2. The van der Waals surface area contributed by atoms with Gasteiger partial charge >= 0.3 is 5.97 Å². The minimum absolute atomic E-state index is 0.184. The van der Waals surface area contributed by atoms with Crippen molar-refractivity contribution in [2.45, 2.75) is 38.1 Å². The summed E-state index contributed by atoms with van der Waals surface area (Å²) in [6.07, 6.45) is 5.11. The lowest BCUT2D eigenvalue weighted by Crippen LogP contribution is -2.43. The molecule has 0 spiro atoms. The standard InChI is InChI=1S/C13H19NO3/c1-17-13(16)11-3-2-4-14(11)12(15)10-6-8-5-9(8)7-10/h8-11H,2-7H2,1H3. The van der Waals surface area contributed by atoms with Crippen molar-refractivity contribution in [1.29, 1.82) is 0 Å². The lowest BCUT2D eigenvalue weighted by molar-refractivity contribution is -0.152. The van der Waals surface area contributed by atoms with E-state index in [1.54, 1.807) is 4.90 Å². The van der Waals surface area contributed by atoms with Crippen molar-refractivity contribution in [3.8, 4) is 0 Å². The molecule has 2 aliphatic carbocycles. The van der Waals surface area contributed by atoms with Crippen LogP contribution in [0.3, 0.4) is 0 Å². The number of ether oxygens (including phenoxy) is 1. The molecule has 3 aliphatic rings. The van der Waals surface area contributed by atoms with Gasteiger partial charge in [-0.2, -0.15) is 0 Å². The molecule has 3 unspecified atom stereocenters. The van der Waals surface area contributed by atoms with Gasteiger partial charge in [0, 0.05) is 12.5 Å². The van der Waals surface area contributed by atoms with Crippen LogP contribution in [0.4, 0.5) is 0 Å². The van der Waals surface area contributed by atoms with E-state index in [0.29, 0.717) is 0 Å². The van der Waals surface area contributed by atoms with Gasteiger partial charge in [0.25, 0.3) is 0 Å². The van der Waals surface area contributed by atoms with Crippen LogP contribution >= 0.6 is 0 Å². The zero-order chi connectivity index (χ0) is 12.0. The van der Waals surface area contributed by atoms with E-state index in [4.69, 9.17) is 4.74 Å². The maximum Gasteiger partial charge on any atom is 0.328 e. The van der Waals surface area contributed by atoms with Crippen LogP contribution in [0, 0.1) is 17.8 Å². The first-order valence-corrected chi connectivity index (χ1v) is 6.59. The Bertz CT molecular complexity index is 345. The second kappa shape index (κ2) is 4.00. The first-order valence-electron chi connectivity index (χ1n) is 6.59. The van der Waals surface area contributed by atoms with Gasteiger partial charge in [0.1, 0.15) is 6.04 Å². The van der Waals surface area contributed by atoms with Crippen molar-refractivity contribution in [2.24, 2.45) is 17.8 Å². The van der Waals surface area contributed by atoms with E-state index >= 15 is 0 Å². The molecule has 0 radical (unpaired) electrons. The maximum absolute atomic E-state index is 12.4. The van der Waals surface area contributed by atoms with Crippen LogP contribution in [0.2, 0.25) is 0 Å². The van der Waals surface area contributed by atoms with Crippen molar-refractivity contribution in [3.63, 3.8) is 0 Å². The number of hydrogen-bond donors (Lipinski definition) is 0. The third-order valence-electron chi connectivity index (χ3n) is 4.60. The van der Waals surface area contributed by atoms with Gasteiger partial charge in [-0.15, -0.1) is 0 Å². The molecule has 0 bridgehead atoms. The minimum atomic E-state index is -0.315. The van der Waals surface area contributed by atoms with E-state index in [0.717, 1.165) is 44.1 Å². The molecule has 1 amide bonds. The number of likely N-dealkylation sites (tertiary alicyclic amines) is 1. The number of esters is 1. The molecular formula is C13H19NO3. The quantitative estimate of drug-likeness (QED) is 0.678. The van der Waals surface area contributed by atoms with E-state index in [1.807, 2.05) is 0 Å². The molecule has 0 N–H and O–H groups in total. The molecule has 3 atom stereocenters. The van der Waals surface area contributed by atoms with Crippen LogP contribution in [0.25, 0.3) is 0 Å². The van der Waals surface area contributed by atoms with Crippen LogP contribution in [0.5, 0.6) is 0 Å². The van der Waals surface area contributed by atoms with Gasteiger partial charge in [0.15, 0.2) is 0 Å². The second-order valence-electron chi connectivity index (χ2n) is 5.64. The van der Waals surface area contributed by atoms with Crippen LogP contribution < -0.4 is 0 Å². The van der Waals surface area contributed by atoms with E-state index in [-0.39, 0.29) is 23.8 Å². The molecular weight excluding hydrogens is 218 g/mol. The maximum atomic E-state index is 12.4. The lowest BCUT2D eigenvalue weighted by Gasteiger charge is -2.26. The summed E-state index contributed by atoms with van der Waals surface area (Å²) in [6.45, 7) is 0.727. The van der Waals surface area contributed by atoms with Gasteiger partial charge in [-0.25, -0.2) is 4.79 Å². The van der Waals surface area contributed by atoms with Gasteiger partial charge in [-0.3, -0.25) is 4.79 Å². The zero-order valence-electron chi connectivity index (χ0n) is 10.2. The Kier molecular flexibility index (Phi) is 2.60. The number of carbonyl (C=O) groups excluding carboxylic acids is 2. The first-order chi connectivity index (χ1) is 8.20. The van der Waals surface area contributed by atoms with Crippen LogP contribution in [0.15, 0.2) is 0 Å². The third kappa shape index (κ3) is 1.83. The van der Waals surface area contributed by atoms with E-state index < -0.39 is 0 Å². The molecule has 1 saturated heterocycles. The summed E-state index contributed by atoms with van der Waals surface area (Å²) in [4.78, 5) is 25.7. The summed E-state index contributed by atoms with van der Waals surface area (Å²) >= 11 is 0. The Morgan fingerprint density at radius 1 is 1.18 bits per heavy atom. The second-order valence-corrected chi connectivity index (χ2v) is 5.64. The van der Waals surface area contributed by atoms with Gasteiger partial charge in [0.2, 0.25) is 5.91 Å². The number of fused-ring (bicyclic) bond motifs is 1. The zero-order valence-corrected chi connectivity index (χ0v) is 10.2. The van der Waals surface area contributed by atoms with E-state index in [2.05, 4.69) is 0 Å². The molecule has 3 fully saturated rings. The fraction of sp³-hybridized carbons (Fsp3) is 0.846. The predicted molar refractivity (Wildman–Crippen MR) is 61.1 cm³/mol. The highest BCUT2D eigenvalue weighted by Gasteiger charge is 2.50. The van der Waals surface area contributed by atoms with Crippen molar-refractivity contribution in [2.75, 3.05) is 13.7 Å². The molecule has 1 aliphatic heterocycles. The number of amides is 1. The molecule has 94 valence electrons. The van der Waals surface area contributed by atoms with Crippen molar-refractivity contribution in [3.05, 3.63) is 0 Å². The molecule has 3 rings (SSSR count). The number of hydrogen-bond acceptors (Lipinski definition) is 3. The highest BCUT2D eigenvalue weighted by Crippen LogP contribution is 2.54. The number of nitrogens with zero attached hydrogens (tertiary/aromatic N) is 1. The molecule has 2 saturated carbocycles. The van der Waals surface area contributed by atoms with Crippen LogP contribution in [-0.4, -0.2) is 36.5 Å². The van der Waals surface area contributed by atoms with Crippen molar-refractivity contribution < 1.29 is 14.3 Å². The number of carbonyl (C=O) groups is 2. The molecule has 17 heavy (non-hydrogen) atoms. The number of methoxy groups -OCH3 is 1. The Labute approximate surface area is 101 Å². The van der Waals surface area contributed by atoms with Gasteiger partial charge < -0.3 is 9.64 Å². The van der Waals surface area contributed by atoms with Crippen LogP contribution in [0.1, 0.15) is 32.1 Å². The molecule has 0 aromatic heterocycles. The molecule has 4 nitrogen and oxygen atoms in total. The Morgan fingerprint density at radius 3 is 2.53 bits per heavy atom. The summed E-state index contributed by atoms with van der Waals surface area (Å²) in [6, 6.07) is -0.315. The molecule has 1 heterocycles. The Balaban J connectivity index is 1.66. The van der Waals surface area contributed by atoms with Crippen molar-refractivity contribution >= 4 is 11.9 Å². The molecule has 4 heteroatoms. The van der Waals surface area contributed by atoms with Gasteiger partial charge in [-0.05, 0) is 43.9 Å². The smallest absolute Gasteiger partial charge is 0.328 e. The third-order valence-corrected chi connectivity index (χ3v) is 4.60. The molecule has 0 aromatic carbocycles. The van der Waals surface area contributed by atoms with E-state index in [1.165, 1.54) is 13.5 Å². The summed E-state index contributed by atoms with van der Waals surface area (Å²) < 4.78 is 4.77. The Morgan fingerprint density at radius 2 is 1.88 bits per heavy atom. The summed E-state index contributed by atoms with van der Waals surface area (Å²) in [5.41, 5.74) is 0. The van der Waals surface area contributed by atoms with Crippen LogP contribution in [-0.2, 0) is 14.3 Å². The van der Waals surface area contributed by atoms with Crippen molar-refractivity contribution in [1.82, 2.24) is 4.90 Å². The topological polar surface area (TPSA) is 46.6 Å². The van der Waals surface area contributed by atoms with E-state index in [9.17, 15) is 9.59 Å². The Hall–Kier alpha value is -1.06. The normalized spacial score (nSPS) is 39.0.